The first-order valence-electron chi connectivity index (χ1n) is 4.40. The van der Waals surface area contributed by atoms with Crippen molar-refractivity contribution >= 4 is 29.3 Å². The maximum absolute atomic E-state index is 10.8. The molecule has 5 heteroatoms. The van der Waals surface area contributed by atoms with Crippen molar-refractivity contribution in [2.45, 2.75) is 12.7 Å². The Bertz CT molecular complexity index is 357. The second kappa shape index (κ2) is 5.98. The Morgan fingerprint density at radius 2 is 2.33 bits per heavy atom. The van der Waals surface area contributed by atoms with Crippen molar-refractivity contribution < 1.29 is 9.53 Å². The quantitative estimate of drug-likeness (QED) is 0.603. The van der Waals surface area contributed by atoms with Crippen molar-refractivity contribution in [3.8, 4) is 0 Å². The summed E-state index contributed by atoms with van der Waals surface area (Å²) in [4.78, 5) is 15.0. The van der Waals surface area contributed by atoms with E-state index in [1.54, 1.807) is 0 Å². The van der Waals surface area contributed by atoms with Gasteiger partial charge in [0.1, 0.15) is 5.15 Å². The number of carbonyl (C=O) groups excluding carboxylic acids is 1. The summed E-state index contributed by atoms with van der Waals surface area (Å²) < 4.78 is 4.53. The Labute approximate surface area is 98.2 Å². The van der Waals surface area contributed by atoms with Crippen LogP contribution in [0.2, 0.25) is 5.15 Å². The molecule has 0 unspecified atom stereocenters. The van der Waals surface area contributed by atoms with Crippen LogP contribution in [0.3, 0.4) is 0 Å². The van der Waals surface area contributed by atoms with E-state index in [1.807, 2.05) is 19.1 Å². The summed E-state index contributed by atoms with van der Waals surface area (Å²) in [6.07, 6.45) is 0. The van der Waals surface area contributed by atoms with Crippen LogP contribution in [0.25, 0.3) is 0 Å². The molecule has 0 fully saturated rings. The van der Waals surface area contributed by atoms with Crippen molar-refractivity contribution in [3.05, 3.63) is 28.5 Å². The Kier molecular flexibility index (Phi) is 4.91. The van der Waals surface area contributed by atoms with E-state index in [9.17, 15) is 4.79 Å². The maximum atomic E-state index is 10.8. The number of hydrogen-bond acceptors (Lipinski definition) is 4. The Morgan fingerprint density at radius 1 is 1.60 bits per heavy atom. The number of thioether (sulfide) groups is 1. The molecule has 0 aromatic carbocycles. The summed E-state index contributed by atoms with van der Waals surface area (Å²) in [5.41, 5.74) is 1.83. The van der Waals surface area contributed by atoms with Crippen LogP contribution in [0, 0.1) is 6.92 Å². The highest BCUT2D eigenvalue weighted by Gasteiger charge is 2.04. The number of rotatable bonds is 4. The maximum Gasteiger partial charge on any atom is 0.315 e. The molecule has 0 spiro atoms. The van der Waals surface area contributed by atoms with Crippen molar-refractivity contribution in [2.75, 3.05) is 12.9 Å². The van der Waals surface area contributed by atoms with Crippen LogP contribution in [0.5, 0.6) is 0 Å². The van der Waals surface area contributed by atoms with Gasteiger partial charge in [-0.15, -0.1) is 11.8 Å². The zero-order valence-electron chi connectivity index (χ0n) is 8.62. The number of esters is 1. The number of halogens is 1. The number of ether oxygens (including phenoxy) is 1. The minimum atomic E-state index is -0.226. The molecule has 1 rings (SSSR count). The molecular weight excluding hydrogens is 234 g/mol. The van der Waals surface area contributed by atoms with E-state index in [2.05, 4.69) is 9.72 Å². The Morgan fingerprint density at radius 3 is 2.93 bits per heavy atom. The topological polar surface area (TPSA) is 39.2 Å². The lowest BCUT2D eigenvalue weighted by Crippen LogP contribution is -2.03. The van der Waals surface area contributed by atoms with E-state index in [0.29, 0.717) is 16.7 Å². The first-order valence-corrected chi connectivity index (χ1v) is 5.93. The van der Waals surface area contributed by atoms with Crippen LogP contribution in [0.15, 0.2) is 12.1 Å². The molecule has 15 heavy (non-hydrogen) atoms. The van der Waals surface area contributed by atoms with Crippen molar-refractivity contribution in [3.63, 3.8) is 0 Å². The number of aromatic nitrogens is 1. The average Bonchev–Trinajstić information content (AvgIpc) is 2.21. The lowest BCUT2D eigenvalue weighted by molar-refractivity contribution is -0.137. The monoisotopic (exact) mass is 245 g/mol. The number of nitrogens with zero attached hydrogens (tertiary/aromatic N) is 1. The molecule has 1 aromatic heterocycles. The van der Waals surface area contributed by atoms with E-state index in [4.69, 9.17) is 11.6 Å². The fraction of sp³-hybridized carbons (Fsp3) is 0.400. The van der Waals surface area contributed by atoms with Gasteiger partial charge in [-0.2, -0.15) is 0 Å². The molecule has 0 saturated heterocycles. The molecule has 0 saturated carbocycles. The fourth-order valence-electron chi connectivity index (χ4n) is 0.965. The van der Waals surface area contributed by atoms with Crippen LogP contribution in [0.4, 0.5) is 0 Å². The molecule has 0 radical (unpaired) electrons. The minimum Gasteiger partial charge on any atom is -0.468 e. The Hall–Kier alpha value is -0.740. The van der Waals surface area contributed by atoms with E-state index < -0.39 is 0 Å². The van der Waals surface area contributed by atoms with Gasteiger partial charge in [0.05, 0.1) is 12.9 Å². The van der Waals surface area contributed by atoms with Gasteiger partial charge in [0.15, 0.2) is 0 Å². The van der Waals surface area contributed by atoms with E-state index in [-0.39, 0.29) is 5.97 Å². The number of methoxy groups -OCH3 is 1. The molecule has 0 atom stereocenters. The first kappa shape index (κ1) is 12.3. The summed E-state index contributed by atoms with van der Waals surface area (Å²) >= 11 is 7.40. The van der Waals surface area contributed by atoms with Gasteiger partial charge in [-0.05, 0) is 18.6 Å². The second-order valence-corrected chi connectivity index (χ2v) is 4.32. The molecule has 0 aliphatic carbocycles. The third kappa shape index (κ3) is 4.10. The summed E-state index contributed by atoms with van der Waals surface area (Å²) in [5, 5.41) is 0.507. The SMILES string of the molecule is COC(=O)CSCc1ccc(C)nc1Cl. The zero-order valence-corrected chi connectivity index (χ0v) is 10.2. The highest BCUT2D eigenvalue weighted by atomic mass is 35.5. The molecule has 1 aromatic rings. The number of carbonyl (C=O) groups is 1. The van der Waals surface area contributed by atoms with Crippen molar-refractivity contribution in [2.24, 2.45) is 0 Å². The molecule has 0 aliphatic rings. The van der Waals surface area contributed by atoms with E-state index in [1.165, 1.54) is 18.9 Å². The summed E-state index contributed by atoms with van der Waals surface area (Å²) in [7, 11) is 1.38. The summed E-state index contributed by atoms with van der Waals surface area (Å²) in [6.45, 7) is 1.89. The van der Waals surface area contributed by atoms with Crippen LogP contribution >= 0.6 is 23.4 Å². The predicted molar refractivity (Wildman–Crippen MR) is 62.2 cm³/mol. The zero-order chi connectivity index (χ0) is 11.3. The van der Waals surface area contributed by atoms with Gasteiger partial charge in [-0.3, -0.25) is 4.79 Å². The summed E-state index contributed by atoms with van der Waals surface area (Å²) in [5.74, 6) is 0.776. The van der Waals surface area contributed by atoms with Gasteiger partial charge in [-0.1, -0.05) is 17.7 Å². The molecule has 0 aliphatic heterocycles. The van der Waals surface area contributed by atoms with Gasteiger partial charge in [0, 0.05) is 11.4 Å². The first-order chi connectivity index (χ1) is 7.13. The van der Waals surface area contributed by atoms with E-state index in [0.717, 1.165) is 11.3 Å². The number of hydrogen-bond donors (Lipinski definition) is 0. The van der Waals surface area contributed by atoms with E-state index >= 15 is 0 Å². The minimum absolute atomic E-state index is 0.226. The standard InChI is InChI=1S/C10H12ClNO2S/c1-7-3-4-8(10(11)12-7)5-15-6-9(13)14-2/h3-4H,5-6H2,1-2H3. The van der Waals surface area contributed by atoms with Gasteiger partial charge in [-0.25, -0.2) is 4.98 Å². The number of aryl methyl sites for hydroxylation is 1. The molecule has 0 amide bonds. The van der Waals surface area contributed by atoms with Gasteiger partial charge in [0.2, 0.25) is 0 Å². The second-order valence-electron chi connectivity index (χ2n) is 2.97. The molecular formula is C10H12ClNO2S. The van der Waals surface area contributed by atoms with Crippen LogP contribution < -0.4 is 0 Å². The largest absolute Gasteiger partial charge is 0.468 e. The Balaban J connectivity index is 2.47. The van der Waals surface area contributed by atoms with Crippen LogP contribution in [-0.2, 0) is 15.3 Å². The smallest absolute Gasteiger partial charge is 0.315 e. The normalized spacial score (nSPS) is 10.1. The predicted octanol–water partition coefficient (Wildman–Crippen LogP) is 2.45. The molecule has 0 N–H and O–H groups in total. The molecule has 82 valence electrons. The number of pyridine rings is 1. The molecule has 1 heterocycles. The third-order valence-electron chi connectivity index (χ3n) is 1.77. The van der Waals surface area contributed by atoms with Crippen molar-refractivity contribution in [1.29, 1.82) is 0 Å². The molecule has 3 nitrogen and oxygen atoms in total. The lowest BCUT2D eigenvalue weighted by atomic mass is 10.3. The van der Waals surface area contributed by atoms with Gasteiger partial charge >= 0.3 is 5.97 Å². The fourth-order valence-corrected chi connectivity index (χ4v) is 2.15. The third-order valence-corrected chi connectivity index (χ3v) is 3.05. The highest BCUT2D eigenvalue weighted by molar-refractivity contribution is 7.99. The summed E-state index contributed by atoms with van der Waals surface area (Å²) in [6, 6.07) is 3.83. The highest BCUT2D eigenvalue weighted by Crippen LogP contribution is 2.19. The lowest BCUT2D eigenvalue weighted by Gasteiger charge is -2.03. The molecule has 0 bridgehead atoms. The van der Waals surface area contributed by atoms with Crippen molar-refractivity contribution in [1.82, 2.24) is 4.98 Å². The average molecular weight is 246 g/mol. The van der Waals surface area contributed by atoms with Crippen LogP contribution in [0.1, 0.15) is 11.3 Å². The van der Waals surface area contributed by atoms with Crippen LogP contribution in [-0.4, -0.2) is 23.8 Å². The van der Waals surface area contributed by atoms with Gasteiger partial charge in [0.25, 0.3) is 0 Å². The van der Waals surface area contributed by atoms with Gasteiger partial charge < -0.3 is 4.74 Å².